The van der Waals surface area contributed by atoms with Crippen molar-refractivity contribution in [1.82, 2.24) is 0 Å². The van der Waals surface area contributed by atoms with Crippen LogP contribution in [0.5, 0.6) is 0 Å². The van der Waals surface area contributed by atoms with Crippen molar-refractivity contribution in [3.63, 3.8) is 0 Å². The van der Waals surface area contributed by atoms with Crippen LogP contribution in [0.1, 0.15) is 18.1 Å². The molecule has 2 aromatic carbocycles. The highest BCUT2D eigenvalue weighted by molar-refractivity contribution is 5.86. The zero-order valence-corrected chi connectivity index (χ0v) is 12.9. The quantitative estimate of drug-likeness (QED) is 0.694. The van der Waals surface area contributed by atoms with E-state index < -0.39 is 0 Å². The van der Waals surface area contributed by atoms with Gasteiger partial charge in [0.15, 0.2) is 5.69 Å². The van der Waals surface area contributed by atoms with Gasteiger partial charge in [0.1, 0.15) is 6.17 Å². The molecule has 3 nitrogen and oxygen atoms in total. The number of benzene rings is 2. The summed E-state index contributed by atoms with van der Waals surface area (Å²) < 4.78 is 0. The Morgan fingerprint density at radius 1 is 1.00 bits per heavy atom. The minimum Gasteiger partial charge on any atom is -0.353 e. The highest BCUT2D eigenvalue weighted by Crippen LogP contribution is 2.45. The fourth-order valence-electron chi connectivity index (χ4n) is 2.96. The molecule has 1 heterocycles. The van der Waals surface area contributed by atoms with E-state index in [0.717, 1.165) is 5.69 Å². The summed E-state index contributed by atoms with van der Waals surface area (Å²) in [5.41, 5.74) is 6.70. The first-order valence-corrected chi connectivity index (χ1v) is 7.14. The van der Waals surface area contributed by atoms with Crippen LogP contribution in [0.4, 0.5) is 22.7 Å². The summed E-state index contributed by atoms with van der Waals surface area (Å²) >= 11 is 0. The van der Waals surface area contributed by atoms with Crippen LogP contribution < -0.4 is 9.80 Å². The number of hydrogen-bond acceptors (Lipinski definition) is 2. The van der Waals surface area contributed by atoms with Crippen LogP contribution in [-0.2, 0) is 0 Å². The highest BCUT2D eigenvalue weighted by atomic mass is 15.4. The van der Waals surface area contributed by atoms with Crippen molar-refractivity contribution < 1.29 is 0 Å². The molecule has 0 amide bonds. The van der Waals surface area contributed by atoms with Gasteiger partial charge in [-0.2, -0.15) is 0 Å². The fourth-order valence-corrected chi connectivity index (χ4v) is 2.96. The topological polar surface area (TPSA) is 10.8 Å². The molecule has 0 bridgehead atoms. The second kappa shape index (κ2) is 4.82. The minimum absolute atomic E-state index is 0.237. The molecule has 0 saturated heterocycles. The van der Waals surface area contributed by atoms with Crippen LogP contribution in [-0.4, -0.2) is 13.2 Å². The summed E-state index contributed by atoms with van der Waals surface area (Å²) in [6, 6.07) is 12.4. The van der Waals surface area contributed by atoms with Gasteiger partial charge in [0.2, 0.25) is 0 Å². The van der Waals surface area contributed by atoms with E-state index in [0.29, 0.717) is 5.69 Å². The molecule has 0 unspecified atom stereocenters. The van der Waals surface area contributed by atoms with Crippen LogP contribution >= 0.6 is 0 Å². The first kappa shape index (κ1) is 13.5. The lowest BCUT2D eigenvalue weighted by molar-refractivity contribution is 0.732. The molecule has 106 valence electrons. The van der Waals surface area contributed by atoms with Crippen LogP contribution in [0, 0.1) is 20.4 Å². The molecular weight excluding hydrogens is 258 g/mol. The number of aryl methyl sites for hydroxylation is 2. The number of hydrogen-bond donors (Lipinski definition) is 0. The van der Waals surface area contributed by atoms with Crippen LogP contribution in [0.25, 0.3) is 4.85 Å². The Hall–Kier alpha value is -2.47. The third kappa shape index (κ3) is 2.04. The summed E-state index contributed by atoms with van der Waals surface area (Å²) in [6.45, 7) is 13.7. The fraction of sp³-hybridized carbons (Fsp3) is 0.278. The van der Waals surface area contributed by atoms with Crippen molar-refractivity contribution in [2.45, 2.75) is 26.9 Å². The summed E-state index contributed by atoms with van der Waals surface area (Å²) in [4.78, 5) is 8.15. The molecule has 21 heavy (non-hydrogen) atoms. The minimum atomic E-state index is 0.237. The monoisotopic (exact) mass is 277 g/mol. The van der Waals surface area contributed by atoms with Crippen molar-refractivity contribution in [3.05, 3.63) is 58.9 Å². The van der Waals surface area contributed by atoms with Gasteiger partial charge in [-0.3, -0.25) is 0 Å². The average Bonchev–Trinajstić information content (AvgIpc) is 2.73. The van der Waals surface area contributed by atoms with Crippen molar-refractivity contribution in [1.29, 1.82) is 0 Å². The summed E-state index contributed by atoms with van der Waals surface area (Å²) in [5.74, 6) is 0. The Labute approximate surface area is 126 Å². The summed E-state index contributed by atoms with van der Waals surface area (Å²) in [7, 11) is 2.10. The van der Waals surface area contributed by atoms with Crippen molar-refractivity contribution in [2.24, 2.45) is 0 Å². The lowest BCUT2D eigenvalue weighted by Gasteiger charge is -2.29. The van der Waals surface area contributed by atoms with Crippen molar-refractivity contribution in [3.8, 4) is 0 Å². The van der Waals surface area contributed by atoms with Gasteiger partial charge in [0.25, 0.3) is 0 Å². The third-order valence-electron chi connectivity index (χ3n) is 4.29. The van der Waals surface area contributed by atoms with Crippen LogP contribution in [0.15, 0.2) is 36.4 Å². The third-order valence-corrected chi connectivity index (χ3v) is 4.29. The van der Waals surface area contributed by atoms with Gasteiger partial charge in [-0.1, -0.05) is 18.2 Å². The van der Waals surface area contributed by atoms with Gasteiger partial charge in [-0.15, -0.1) is 0 Å². The Morgan fingerprint density at radius 3 is 2.48 bits per heavy atom. The molecule has 0 radical (unpaired) electrons. The van der Waals surface area contributed by atoms with Gasteiger partial charge >= 0.3 is 0 Å². The normalized spacial score (nSPS) is 16.8. The zero-order chi connectivity index (χ0) is 15.1. The van der Waals surface area contributed by atoms with E-state index in [1.165, 1.54) is 22.5 Å². The Balaban J connectivity index is 2.21. The molecule has 0 fully saturated rings. The van der Waals surface area contributed by atoms with E-state index in [-0.39, 0.29) is 6.17 Å². The summed E-state index contributed by atoms with van der Waals surface area (Å²) in [6.07, 6.45) is 0.237. The van der Waals surface area contributed by atoms with E-state index in [9.17, 15) is 0 Å². The van der Waals surface area contributed by atoms with E-state index in [1.807, 2.05) is 18.2 Å². The smallest absolute Gasteiger partial charge is 0.189 e. The predicted octanol–water partition coefficient (Wildman–Crippen LogP) is 4.79. The van der Waals surface area contributed by atoms with Gasteiger partial charge < -0.3 is 9.80 Å². The van der Waals surface area contributed by atoms with E-state index in [4.69, 9.17) is 6.57 Å². The molecule has 2 aromatic rings. The summed E-state index contributed by atoms with van der Waals surface area (Å²) in [5, 5.41) is 0. The molecule has 0 N–H and O–H groups in total. The first-order valence-electron chi connectivity index (χ1n) is 7.14. The molecule has 1 aliphatic heterocycles. The maximum Gasteiger partial charge on any atom is 0.189 e. The number of nitrogens with zero attached hydrogens (tertiary/aromatic N) is 3. The van der Waals surface area contributed by atoms with Gasteiger partial charge in [-0.25, -0.2) is 4.85 Å². The molecule has 3 heteroatoms. The molecule has 0 saturated carbocycles. The number of anilines is 3. The highest BCUT2D eigenvalue weighted by Gasteiger charge is 2.32. The second-order valence-corrected chi connectivity index (χ2v) is 5.69. The average molecular weight is 277 g/mol. The van der Waals surface area contributed by atoms with Crippen LogP contribution in [0.3, 0.4) is 0 Å². The molecular formula is C18H19N3. The molecule has 0 aliphatic carbocycles. The largest absolute Gasteiger partial charge is 0.353 e. The predicted molar refractivity (Wildman–Crippen MR) is 88.6 cm³/mol. The van der Waals surface area contributed by atoms with Gasteiger partial charge in [-0.05, 0) is 50.1 Å². The molecule has 3 rings (SSSR count). The van der Waals surface area contributed by atoms with E-state index in [2.05, 4.69) is 60.7 Å². The Kier molecular flexibility index (Phi) is 3.10. The lowest BCUT2D eigenvalue weighted by atomic mass is 10.1. The Morgan fingerprint density at radius 2 is 1.76 bits per heavy atom. The molecule has 1 aliphatic rings. The molecule has 1 atom stereocenters. The zero-order valence-electron chi connectivity index (χ0n) is 12.9. The lowest BCUT2D eigenvalue weighted by Crippen LogP contribution is -2.35. The van der Waals surface area contributed by atoms with Crippen LogP contribution in [0.2, 0.25) is 0 Å². The molecule has 0 spiro atoms. The maximum absolute atomic E-state index is 7.25. The number of fused-ring (bicyclic) bond motifs is 1. The standard InChI is InChI=1S/C18H19N3/c1-12-6-7-13(2)17(10-12)21-14(3)20(5)16-9-8-15(19-4)11-18(16)21/h6-11,14H,1-3,5H3/t14-/m0/s1. The van der Waals surface area contributed by atoms with Gasteiger partial charge in [0, 0.05) is 12.7 Å². The van der Waals surface area contributed by atoms with Gasteiger partial charge in [0.05, 0.1) is 17.9 Å². The molecule has 0 aromatic heterocycles. The van der Waals surface area contributed by atoms with E-state index >= 15 is 0 Å². The van der Waals surface area contributed by atoms with E-state index in [1.54, 1.807) is 0 Å². The maximum atomic E-state index is 7.25. The van der Waals surface area contributed by atoms with Crippen molar-refractivity contribution in [2.75, 3.05) is 16.8 Å². The number of rotatable bonds is 1. The Bertz CT molecular complexity index is 743. The first-order chi connectivity index (χ1) is 10.0. The second-order valence-electron chi connectivity index (χ2n) is 5.69. The SMILES string of the molecule is [C-]#[N+]c1ccc2c(c1)N(c1cc(C)ccc1C)[C@@H](C)N2C. The van der Waals surface area contributed by atoms with Crippen molar-refractivity contribution >= 4 is 22.7 Å².